The predicted molar refractivity (Wildman–Crippen MR) is 118 cm³/mol. The molecular weight excluding hydrogens is 392 g/mol. The second kappa shape index (κ2) is 9.25. The highest BCUT2D eigenvalue weighted by Crippen LogP contribution is 2.42. The summed E-state index contributed by atoms with van der Waals surface area (Å²) in [5.41, 5.74) is 1.91. The standard InChI is InChI=1S/C26H26O5/c1-28-22-12-8-20(9-13-22)26(19-6-4-3-5-7-19,21-10-14-23(29-2)15-11-21)31-18-25-24(27)16-17-30-25/h3-17,24-25,27H,18H2,1-2H3. The number of rotatable bonds is 8. The molecule has 1 N–H and O–H groups in total. The van der Waals surface area contributed by atoms with Crippen LogP contribution < -0.4 is 9.47 Å². The lowest BCUT2D eigenvalue weighted by molar-refractivity contribution is -0.0611. The summed E-state index contributed by atoms with van der Waals surface area (Å²) >= 11 is 0. The maximum absolute atomic E-state index is 10.2. The number of ether oxygens (including phenoxy) is 4. The summed E-state index contributed by atoms with van der Waals surface area (Å²) in [6.45, 7) is 0.196. The number of aliphatic hydroxyl groups is 1. The Morgan fingerprint density at radius 3 is 1.74 bits per heavy atom. The van der Waals surface area contributed by atoms with E-state index >= 15 is 0 Å². The van der Waals surface area contributed by atoms with Gasteiger partial charge in [0.15, 0.2) is 6.10 Å². The minimum Gasteiger partial charge on any atom is -0.497 e. The molecule has 2 unspecified atom stereocenters. The summed E-state index contributed by atoms with van der Waals surface area (Å²) in [6, 6.07) is 25.7. The number of aliphatic hydroxyl groups excluding tert-OH is 1. The third kappa shape index (κ3) is 4.15. The zero-order valence-electron chi connectivity index (χ0n) is 17.6. The highest BCUT2D eigenvalue weighted by molar-refractivity contribution is 5.49. The van der Waals surface area contributed by atoms with Crippen LogP contribution in [0.3, 0.4) is 0 Å². The predicted octanol–water partition coefficient (Wildman–Crippen LogP) is 4.29. The van der Waals surface area contributed by atoms with E-state index < -0.39 is 17.8 Å². The Hall–Kier alpha value is -3.28. The number of hydrogen-bond acceptors (Lipinski definition) is 5. The van der Waals surface area contributed by atoms with E-state index in [0.717, 1.165) is 28.2 Å². The zero-order valence-corrected chi connectivity index (χ0v) is 17.6. The molecule has 1 aliphatic rings. The maximum atomic E-state index is 10.2. The Balaban J connectivity index is 1.85. The van der Waals surface area contributed by atoms with Gasteiger partial charge in [-0.05, 0) is 47.0 Å². The van der Waals surface area contributed by atoms with Gasteiger partial charge >= 0.3 is 0 Å². The van der Waals surface area contributed by atoms with Crippen molar-refractivity contribution in [2.24, 2.45) is 0 Å². The highest BCUT2D eigenvalue weighted by atomic mass is 16.6. The summed E-state index contributed by atoms with van der Waals surface area (Å²) in [7, 11) is 3.29. The van der Waals surface area contributed by atoms with Gasteiger partial charge in [-0.25, -0.2) is 0 Å². The van der Waals surface area contributed by atoms with Gasteiger partial charge in [-0.1, -0.05) is 54.6 Å². The normalized spacial score (nSPS) is 17.9. The van der Waals surface area contributed by atoms with E-state index in [0.29, 0.717) is 0 Å². The molecule has 0 aliphatic carbocycles. The van der Waals surface area contributed by atoms with Crippen LogP contribution in [0.1, 0.15) is 16.7 Å². The van der Waals surface area contributed by atoms with Crippen molar-refractivity contribution in [3.63, 3.8) is 0 Å². The number of methoxy groups -OCH3 is 2. The van der Waals surface area contributed by atoms with Crippen molar-refractivity contribution in [3.05, 3.63) is 108 Å². The quantitative estimate of drug-likeness (QED) is 0.553. The summed E-state index contributed by atoms with van der Waals surface area (Å²) < 4.78 is 22.9. The molecule has 31 heavy (non-hydrogen) atoms. The Morgan fingerprint density at radius 2 is 1.29 bits per heavy atom. The summed E-state index contributed by atoms with van der Waals surface area (Å²) in [4.78, 5) is 0. The maximum Gasteiger partial charge on any atom is 0.150 e. The molecule has 2 atom stereocenters. The fourth-order valence-corrected chi connectivity index (χ4v) is 3.85. The molecule has 0 bridgehead atoms. The molecule has 0 amide bonds. The third-order valence-corrected chi connectivity index (χ3v) is 5.55. The number of hydrogen-bond donors (Lipinski definition) is 1. The van der Waals surface area contributed by atoms with Crippen molar-refractivity contribution in [2.75, 3.05) is 20.8 Å². The average molecular weight is 418 g/mol. The van der Waals surface area contributed by atoms with Gasteiger partial charge in [0.1, 0.15) is 23.2 Å². The summed E-state index contributed by atoms with van der Waals surface area (Å²) in [5, 5.41) is 10.2. The zero-order chi connectivity index (χ0) is 21.7. The fourth-order valence-electron chi connectivity index (χ4n) is 3.85. The van der Waals surface area contributed by atoms with E-state index in [1.165, 1.54) is 6.26 Å². The molecule has 4 rings (SSSR count). The van der Waals surface area contributed by atoms with Crippen LogP contribution >= 0.6 is 0 Å². The van der Waals surface area contributed by atoms with Gasteiger partial charge < -0.3 is 24.1 Å². The van der Waals surface area contributed by atoms with Gasteiger partial charge in [0, 0.05) is 0 Å². The van der Waals surface area contributed by atoms with Crippen molar-refractivity contribution >= 4 is 0 Å². The minimum atomic E-state index is -0.925. The number of benzene rings is 3. The first-order valence-corrected chi connectivity index (χ1v) is 10.2. The average Bonchev–Trinajstić information content (AvgIpc) is 3.25. The monoisotopic (exact) mass is 418 g/mol. The lowest BCUT2D eigenvalue weighted by atomic mass is 9.80. The SMILES string of the molecule is COc1ccc(C(OCC2OC=CC2O)(c2ccccc2)c2ccc(OC)cc2)cc1. The molecule has 3 aromatic carbocycles. The molecule has 5 heteroatoms. The van der Waals surface area contributed by atoms with E-state index in [2.05, 4.69) is 0 Å². The van der Waals surface area contributed by atoms with Crippen LogP contribution in [0.5, 0.6) is 11.5 Å². The molecule has 0 saturated carbocycles. The van der Waals surface area contributed by atoms with Gasteiger partial charge in [0.05, 0.1) is 27.1 Å². The van der Waals surface area contributed by atoms with Crippen LogP contribution in [0.2, 0.25) is 0 Å². The summed E-state index contributed by atoms with van der Waals surface area (Å²) in [6.07, 6.45) is 1.96. The molecule has 160 valence electrons. The van der Waals surface area contributed by atoms with E-state index in [4.69, 9.17) is 18.9 Å². The lowest BCUT2D eigenvalue weighted by Crippen LogP contribution is -2.38. The van der Waals surface area contributed by atoms with Crippen LogP contribution in [0, 0.1) is 0 Å². The third-order valence-electron chi connectivity index (χ3n) is 5.55. The van der Waals surface area contributed by atoms with E-state index in [9.17, 15) is 5.11 Å². The van der Waals surface area contributed by atoms with Gasteiger partial charge in [-0.3, -0.25) is 0 Å². The van der Waals surface area contributed by atoms with Crippen molar-refractivity contribution in [1.82, 2.24) is 0 Å². The second-order valence-electron chi connectivity index (χ2n) is 7.31. The van der Waals surface area contributed by atoms with E-state index in [1.54, 1.807) is 20.3 Å². The van der Waals surface area contributed by atoms with Crippen LogP contribution in [0.25, 0.3) is 0 Å². The van der Waals surface area contributed by atoms with E-state index in [-0.39, 0.29) is 6.61 Å². The van der Waals surface area contributed by atoms with Gasteiger partial charge in [0.2, 0.25) is 0 Å². The Labute approximate surface area is 182 Å². The van der Waals surface area contributed by atoms with Gasteiger partial charge in [-0.2, -0.15) is 0 Å². The molecule has 0 radical (unpaired) electrons. The molecule has 0 fully saturated rings. The topological polar surface area (TPSA) is 57.2 Å². The van der Waals surface area contributed by atoms with Crippen LogP contribution in [0.4, 0.5) is 0 Å². The first kappa shape index (κ1) is 21.0. The Morgan fingerprint density at radius 1 is 0.774 bits per heavy atom. The highest BCUT2D eigenvalue weighted by Gasteiger charge is 2.39. The van der Waals surface area contributed by atoms with Crippen molar-refractivity contribution < 1.29 is 24.1 Å². The largest absolute Gasteiger partial charge is 0.497 e. The smallest absolute Gasteiger partial charge is 0.150 e. The van der Waals surface area contributed by atoms with Crippen LogP contribution in [-0.4, -0.2) is 38.1 Å². The molecule has 1 aliphatic heterocycles. The van der Waals surface area contributed by atoms with Crippen molar-refractivity contribution in [3.8, 4) is 11.5 Å². The van der Waals surface area contributed by atoms with Crippen LogP contribution in [0.15, 0.2) is 91.2 Å². The van der Waals surface area contributed by atoms with Crippen molar-refractivity contribution in [2.45, 2.75) is 17.8 Å². The molecule has 1 heterocycles. The molecule has 0 saturated heterocycles. The van der Waals surface area contributed by atoms with Crippen molar-refractivity contribution in [1.29, 1.82) is 0 Å². The minimum absolute atomic E-state index is 0.196. The second-order valence-corrected chi connectivity index (χ2v) is 7.31. The van der Waals surface area contributed by atoms with Crippen LogP contribution in [-0.2, 0) is 15.1 Å². The molecule has 0 aromatic heterocycles. The fraction of sp³-hybridized carbons (Fsp3) is 0.231. The lowest BCUT2D eigenvalue weighted by Gasteiger charge is -2.37. The Bertz CT molecular complexity index is 949. The van der Waals surface area contributed by atoms with Gasteiger partial charge in [0.25, 0.3) is 0 Å². The Kier molecular flexibility index (Phi) is 6.26. The first-order chi connectivity index (χ1) is 15.2. The van der Waals surface area contributed by atoms with E-state index in [1.807, 2.05) is 78.9 Å². The summed E-state index contributed by atoms with van der Waals surface area (Å²) in [5.74, 6) is 1.53. The molecule has 0 spiro atoms. The molecular formula is C26H26O5. The molecule has 3 aromatic rings. The molecule has 5 nitrogen and oxygen atoms in total. The first-order valence-electron chi connectivity index (χ1n) is 10.2. The van der Waals surface area contributed by atoms with Gasteiger partial charge in [-0.15, -0.1) is 0 Å².